The van der Waals surface area contributed by atoms with Crippen LogP contribution in [0.1, 0.15) is 5.56 Å². The number of urea groups is 1. The summed E-state index contributed by atoms with van der Waals surface area (Å²) in [6.45, 7) is 2.61. The zero-order valence-electron chi connectivity index (χ0n) is 11.8. The average molecular weight is 286 g/mol. The Labute approximate surface area is 123 Å². The Kier molecular flexibility index (Phi) is 5.04. The fourth-order valence-electron chi connectivity index (χ4n) is 1.76. The third-order valence-corrected chi connectivity index (χ3v) is 2.80. The van der Waals surface area contributed by atoms with Gasteiger partial charge < -0.3 is 20.5 Å². The minimum Gasteiger partial charge on any atom is -0.506 e. The number of aryl methyl sites for hydroxylation is 1. The van der Waals surface area contributed by atoms with E-state index in [-0.39, 0.29) is 11.8 Å². The van der Waals surface area contributed by atoms with Crippen molar-refractivity contribution in [2.75, 3.05) is 18.5 Å². The van der Waals surface area contributed by atoms with E-state index in [1.165, 1.54) is 0 Å². The van der Waals surface area contributed by atoms with E-state index in [2.05, 4.69) is 10.6 Å². The van der Waals surface area contributed by atoms with Crippen molar-refractivity contribution < 1.29 is 14.6 Å². The Hall–Kier alpha value is -2.69. The molecule has 0 saturated heterocycles. The van der Waals surface area contributed by atoms with Gasteiger partial charge in [-0.3, -0.25) is 0 Å². The van der Waals surface area contributed by atoms with E-state index in [1.807, 2.05) is 43.3 Å². The third-order valence-electron chi connectivity index (χ3n) is 2.80. The van der Waals surface area contributed by atoms with Crippen molar-refractivity contribution in [3.05, 3.63) is 54.1 Å². The second kappa shape index (κ2) is 7.19. The highest BCUT2D eigenvalue weighted by molar-refractivity contribution is 5.90. The number of anilines is 1. The summed E-state index contributed by atoms with van der Waals surface area (Å²) in [6.07, 6.45) is 0. The molecule has 0 saturated carbocycles. The number of amides is 2. The summed E-state index contributed by atoms with van der Waals surface area (Å²) in [5.41, 5.74) is 1.30. The standard InChI is InChI=1S/C16H18N2O3/c1-12-7-8-14(15(19)11-12)18-16(20)17-9-10-21-13-5-3-2-4-6-13/h2-8,11,19H,9-10H2,1H3,(H2,17,18,20). The van der Waals surface area contributed by atoms with Crippen molar-refractivity contribution in [1.29, 1.82) is 0 Å². The number of benzene rings is 2. The summed E-state index contributed by atoms with van der Waals surface area (Å²) in [4.78, 5) is 11.7. The number of ether oxygens (including phenoxy) is 1. The van der Waals surface area contributed by atoms with Crippen LogP contribution in [0.25, 0.3) is 0 Å². The lowest BCUT2D eigenvalue weighted by Crippen LogP contribution is -2.32. The number of hydrogen-bond acceptors (Lipinski definition) is 3. The van der Waals surface area contributed by atoms with Crippen LogP contribution in [-0.4, -0.2) is 24.3 Å². The number of rotatable bonds is 5. The van der Waals surface area contributed by atoms with Gasteiger partial charge in [0.25, 0.3) is 0 Å². The third kappa shape index (κ3) is 4.72. The summed E-state index contributed by atoms with van der Waals surface area (Å²) in [6, 6.07) is 14.1. The zero-order chi connectivity index (χ0) is 15.1. The molecule has 0 bridgehead atoms. The van der Waals surface area contributed by atoms with Gasteiger partial charge in [0.2, 0.25) is 0 Å². The Balaban J connectivity index is 1.72. The number of nitrogens with one attached hydrogen (secondary N) is 2. The summed E-state index contributed by atoms with van der Waals surface area (Å²) in [5, 5.41) is 14.9. The summed E-state index contributed by atoms with van der Waals surface area (Å²) < 4.78 is 5.45. The lowest BCUT2D eigenvalue weighted by molar-refractivity contribution is 0.247. The topological polar surface area (TPSA) is 70.6 Å². The SMILES string of the molecule is Cc1ccc(NC(=O)NCCOc2ccccc2)c(O)c1. The van der Waals surface area contributed by atoms with Crippen molar-refractivity contribution in [2.24, 2.45) is 0 Å². The molecule has 0 fully saturated rings. The van der Waals surface area contributed by atoms with Gasteiger partial charge in [-0.25, -0.2) is 4.79 Å². The van der Waals surface area contributed by atoms with E-state index in [1.54, 1.807) is 12.1 Å². The van der Waals surface area contributed by atoms with Crippen LogP contribution in [0.15, 0.2) is 48.5 Å². The number of carbonyl (C=O) groups is 1. The second-order valence-electron chi connectivity index (χ2n) is 4.56. The van der Waals surface area contributed by atoms with Crippen molar-refractivity contribution in [1.82, 2.24) is 5.32 Å². The van der Waals surface area contributed by atoms with Crippen LogP contribution in [0.4, 0.5) is 10.5 Å². The summed E-state index contributed by atoms with van der Waals surface area (Å²) >= 11 is 0. The molecule has 0 aromatic heterocycles. The maximum absolute atomic E-state index is 11.7. The van der Waals surface area contributed by atoms with Crippen LogP contribution >= 0.6 is 0 Å². The Morgan fingerprint density at radius 2 is 1.95 bits per heavy atom. The van der Waals surface area contributed by atoms with E-state index in [0.29, 0.717) is 18.8 Å². The number of phenolic OH excluding ortho intramolecular Hbond substituents is 1. The number of phenols is 1. The lowest BCUT2D eigenvalue weighted by atomic mass is 10.2. The van der Waals surface area contributed by atoms with E-state index in [4.69, 9.17) is 4.74 Å². The number of aromatic hydroxyl groups is 1. The first-order valence-electron chi connectivity index (χ1n) is 6.67. The molecule has 5 nitrogen and oxygen atoms in total. The molecule has 110 valence electrons. The molecule has 3 N–H and O–H groups in total. The number of carbonyl (C=O) groups excluding carboxylic acids is 1. The second-order valence-corrected chi connectivity index (χ2v) is 4.56. The van der Waals surface area contributed by atoms with Gasteiger partial charge in [-0.15, -0.1) is 0 Å². The van der Waals surface area contributed by atoms with Crippen LogP contribution in [0, 0.1) is 6.92 Å². The molecule has 0 heterocycles. The maximum atomic E-state index is 11.7. The van der Waals surface area contributed by atoms with Gasteiger partial charge in [-0.05, 0) is 36.8 Å². The van der Waals surface area contributed by atoms with Crippen LogP contribution < -0.4 is 15.4 Å². The van der Waals surface area contributed by atoms with Gasteiger partial charge in [0.1, 0.15) is 18.1 Å². The first-order chi connectivity index (χ1) is 10.1. The molecule has 0 unspecified atom stereocenters. The first-order valence-corrected chi connectivity index (χ1v) is 6.67. The van der Waals surface area contributed by atoms with Crippen molar-refractivity contribution in [2.45, 2.75) is 6.92 Å². The highest BCUT2D eigenvalue weighted by atomic mass is 16.5. The molecule has 0 atom stereocenters. The average Bonchev–Trinajstić information content (AvgIpc) is 2.48. The molecule has 0 aliphatic carbocycles. The summed E-state index contributed by atoms with van der Waals surface area (Å²) in [5.74, 6) is 0.807. The van der Waals surface area contributed by atoms with Crippen molar-refractivity contribution in [3.63, 3.8) is 0 Å². The fourth-order valence-corrected chi connectivity index (χ4v) is 1.76. The highest BCUT2D eigenvalue weighted by Crippen LogP contribution is 2.23. The predicted octanol–water partition coefficient (Wildman–Crippen LogP) is 2.90. The van der Waals surface area contributed by atoms with Gasteiger partial charge >= 0.3 is 6.03 Å². The quantitative estimate of drug-likeness (QED) is 0.584. The molecule has 2 aromatic rings. The van der Waals surface area contributed by atoms with Crippen LogP contribution in [0.5, 0.6) is 11.5 Å². The minimum atomic E-state index is -0.384. The van der Waals surface area contributed by atoms with Crippen molar-refractivity contribution in [3.8, 4) is 11.5 Å². The number of para-hydroxylation sites is 1. The van der Waals surface area contributed by atoms with Crippen LogP contribution in [0.3, 0.4) is 0 Å². The lowest BCUT2D eigenvalue weighted by Gasteiger charge is -2.10. The normalized spacial score (nSPS) is 9.95. The molecule has 0 radical (unpaired) electrons. The van der Waals surface area contributed by atoms with Gasteiger partial charge in [-0.1, -0.05) is 24.3 Å². The van der Waals surface area contributed by atoms with E-state index in [0.717, 1.165) is 11.3 Å². The maximum Gasteiger partial charge on any atom is 0.319 e. The molecule has 2 rings (SSSR count). The fraction of sp³-hybridized carbons (Fsp3) is 0.188. The molecule has 21 heavy (non-hydrogen) atoms. The van der Waals surface area contributed by atoms with Gasteiger partial charge in [0, 0.05) is 0 Å². The molecule has 5 heteroatoms. The largest absolute Gasteiger partial charge is 0.506 e. The van der Waals surface area contributed by atoms with E-state index < -0.39 is 0 Å². The van der Waals surface area contributed by atoms with E-state index >= 15 is 0 Å². The number of hydrogen-bond donors (Lipinski definition) is 3. The smallest absolute Gasteiger partial charge is 0.319 e. The Morgan fingerprint density at radius 3 is 2.67 bits per heavy atom. The van der Waals surface area contributed by atoms with E-state index in [9.17, 15) is 9.90 Å². The molecular formula is C16H18N2O3. The minimum absolute atomic E-state index is 0.0469. The highest BCUT2D eigenvalue weighted by Gasteiger charge is 2.05. The summed E-state index contributed by atoms with van der Waals surface area (Å²) in [7, 11) is 0. The molecule has 2 aromatic carbocycles. The molecule has 2 amide bonds. The zero-order valence-corrected chi connectivity index (χ0v) is 11.8. The molecule has 0 spiro atoms. The Bertz CT molecular complexity index is 600. The molecular weight excluding hydrogens is 268 g/mol. The van der Waals surface area contributed by atoms with Crippen LogP contribution in [-0.2, 0) is 0 Å². The predicted molar refractivity (Wildman–Crippen MR) is 81.8 cm³/mol. The van der Waals surface area contributed by atoms with Gasteiger partial charge in [-0.2, -0.15) is 0 Å². The molecule has 0 aliphatic rings. The Morgan fingerprint density at radius 1 is 1.19 bits per heavy atom. The van der Waals surface area contributed by atoms with Gasteiger partial charge in [0.05, 0.1) is 12.2 Å². The molecule has 0 aliphatic heterocycles. The van der Waals surface area contributed by atoms with Gasteiger partial charge in [0.15, 0.2) is 0 Å². The first kappa shape index (κ1) is 14.7. The monoisotopic (exact) mass is 286 g/mol. The van der Waals surface area contributed by atoms with Crippen LogP contribution in [0.2, 0.25) is 0 Å². The van der Waals surface area contributed by atoms with Crippen molar-refractivity contribution >= 4 is 11.7 Å².